The summed E-state index contributed by atoms with van der Waals surface area (Å²) < 4.78 is 42.6. The van der Waals surface area contributed by atoms with Crippen LogP contribution in [0.3, 0.4) is 0 Å². The summed E-state index contributed by atoms with van der Waals surface area (Å²) >= 11 is 0. The fourth-order valence-electron chi connectivity index (χ4n) is 4.53. The maximum Gasteiger partial charge on any atom is 0.333 e. The van der Waals surface area contributed by atoms with E-state index in [1.165, 1.54) is 26.0 Å². The first-order valence-electron chi connectivity index (χ1n) is 10.5. The van der Waals surface area contributed by atoms with Gasteiger partial charge in [-0.2, -0.15) is 5.26 Å². The molecule has 168 valence electrons. The summed E-state index contributed by atoms with van der Waals surface area (Å²) in [4.78, 5) is 12.4. The third-order valence-electron chi connectivity index (χ3n) is 6.09. The van der Waals surface area contributed by atoms with Gasteiger partial charge in [0, 0.05) is 5.69 Å². The number of hydrogen-bond acceptors (Lipinski definition) is 5. The topological polar surface area (TPSA) is 119 Å². The molecular weight excluding hydrogens is 433 g/mol. The van der Waals surface area contributed by atoms with Gasteiger partial charge in [-0.3, -0.25) is 0 Å². The molecule has 0 spiro atoms. The number of urea groups is 1. The van der Waals surface area contributed by atoms with Crippen LogP contribution in [0.15, 0.2) is 23.1 Å². The van der Waals surface area contributed by atoms with Crippen LogP contribution in [-0.2, 0) is 41.3 Å². The Balaban J connectivity index is 1.65. The summed E-state index contributed by atoms with van der Waals surface area (Å²) in [5, 5.41) is 22.1. The van der Waals surface area contributed by atoms with Gasteiger partial charge in [0.05, 0.1) is 22.1 Å². The van der Waals surface area contributed by atoms with E-state index in [-0.39, 0.29) is 21.8 Å². The maximum atomic E-state index is 14.8. The maximum absolute atomic E-state index is 14.8. The third-order valence-corrected chi connectivity index (χ3v) is 7.40. The van der Waals surface area contributed by atoms with Crippen molar-refractivity contribution in [1.29, 1.82) is 5.26 Å². The molecule has 0 aliphatic heterocycles. The van der Waals surface area contributed by atoms with Gasteiger partial charge in [-0.05, 0) is 98.4 Å². The second-order valence-corrected chi connectivity index (χ2v) is 10.5. The van der Waals surface area contributed by atoms with Gasteiger partial charge in [0.1, 0.15) is 5.82 Å². The second-order valence-electron chi connectivity index (χ2n) is 8.79. The zero-order chi connectivity index (χ0) is 23.3. The lowest BCUT2D eigenvalue weighted by Crippen LogP contribution is -2.35. The average molecular weight is 458 g/mol. The summed E-state index contributed by atoms with van der Waals surface area (Å²) in [6.07, 6.45) is 4.02. The first-order chi connectivity index (χ1) is 15.0. The minimum atomic E-state index is -4.33. The molecule has 7 nitrogen and oxygen atoms in total. The van der Waals surface area contributed by atoms with Crippen LogP contribution in [0.5, 0.6) is 0 Å². The van der Waals surface area contributed by atoms with Gasteiger partial charge in [0.2, 0.25) is 0 Å². The highest BCUT2D eigenvalue weighted by atomic mass is 32.2. The lowest BCUT2D eigenvalue weighted by molar-refractivity contribution is 0.0783. The van der Waals surface area contributed by atoms with Crippen molar-refractivity contribution in [3.63, 3.8) is 0 Å². The summed E-state index contributed by atoms with van der Waals surface area (Å²) in [5.41, 5.74) is 2.11. The van der Waals surface area contributed by atoms with Crippen molar-refractivity contribution in [3.8, 4) is 6.07 Å². The molecule has 3 N–H and O–H groups in total. The molecule has 32 heavy (non-hydrogen) atoms. The van der Waals surface area contributed by atoms with Crippen LogP contribution in [-0.4, -0.2) is 19.6 Å². The molecule has 0 aromatic heterocycles. The van der Waals surface area contributed by atoms with Crippen molar-refractivity contribution >= 4 is 21.7 Å². The summed E-state index contributed by atoms with van der Waals surface area (Å²) in [5.74, 6) is -0.184. The van der Waals surface area contributed by atoms with Gasteiger partial charge in [-0.1, -0.05) is 0 Å². The Hall–Kier alpha value is -2.96. The monoisotopic (exact) mass is 457 g/mol. The summed E-state index contributed by atoms with van der Waals surface area (Å²) in [7, 11) is -4.33. The van der Waals surface area contributed by atoms with Crippen molar-refractivity contribution in [2.24, 2.45) is 0 Å². The predicted molar refractivity (Wildman–Crippen MR) is 116 cm³/mol. The van der Waals surface area contributed by atoms with E-state index in [9.17, 15) is 28.0 Å². The van der Waals surface area contributed by atoms with Crippen LogP contribution < -0.4 is 10.0 Å². The van der Waals surface area contributed by atoms with Gasteiger partial charge >= 0.3 is 6.03 Å². The number of nitriles is 1. The minimum absolute atomic E-state index is 0.0413. The van der Waals surface area contributed by atoms with Crippen molar-refractivity contribution < 1.29 is 22.7 Å². The molecule has 4 rings (SSSR count). The van der Waals surface area contributed by atoms with Crippen molar-refractivity contribution in [1.82, 2.24) is 4.72 Å². The highest BCUT2D eigenvalue weighted by molar-refractivity contribution is 7.90. The average Bonchev–Trinajstić information content (AvgIpc) is 3.40. The van der Waals surface area contributed by atoms with E-state index in [0.717, 1.165) is 30.0 Å². The molecule has 0 heterocycles. The summed E-state index contributed by atoms with van der Waals surface area (Å²) in [6.45, 7) is 2.94. The fourth-order valence-corrected chi connectivity index (χ4v) is 5.51. The minimum Gasteiger partial charge on any atom is -0.386 e. The Kier molecular flexibility index (Phi) is 5.47. The van der Waals surface area contributed by atoms with Gasteiger partial charge in [0.15, 0.2) is 0 Å². The smallest absolute Gasteiger partial charge is 0.333 e. The van der Waals surface area contributed by atoms with Gasteiger partial charge in [0.25, 0.3) is 10.0 Å². The fraction of sp³-hybridized carbons (Fsp3) is 0.391. The molecule has 9 heteroatoms. The van der Waals surface area contributed by atoms with E-state index in [0.29, 0.717) is 42.5 Å². The molecule has 2 aliphatic rings. The van der Waals surface area contributed by atoms with E-state index in [1.807, 2.05) is 10.8 Å². The van der Waals surface area contributed by atoms with Crippen molar-refractivity contribution in [2.75, 3.05) is 5.32 Å². The van der Waals surface area contributed by atoms with Crippen LogP contribution in [0.1, 0.15) is 60.1 Å². The number of fused-ring (bicyclic) bond motifs is 2. The highest BCUT2D eigenvalue weighted by Gasteiger charge is 2.30. The Morgan fingerprint density at radius 3 is 2.16 bits per heavy atom. The number of carbonyl (C=O) groups excluding carboxylic acids is 1. The Morgan fingerprint density at radius 2 is 1.62 bits per heavy atom. The zero-order valence-corrected chi connectivity index (χ0v) is 18.7. The number of halogens is 1. The zero-order valence-electron chi connectivity index (χ0n) is 17.9. The Bertz CT molecular complexity index is 1240. The largest absolute Gasteiger partial charge is 0.386 e. The van der Waals surface area contributed by atoms with Crippen LogP contribution in [0.25, 0.3) is 0 Å². The van der Waals surface area contributed by atoms with Gasteiger partial charge < -0.3 is 10.4 Å². The number of benzene rings is 2. The molecule has 0 saturated heterocycles. The van der Waals surface area contributed by atoms with E-state index < -0.39 is 21.7 Å². The predicted octanol–water partition coefficient (Wildman–Crippen LogP) is 3.41. The van der Waals surface area contributed by atoms with Gasteiger partial charge in [-0.25, -0.2) is 22.3 Å². The quantitative estimate of drug-likeness (QED) is 0.650. The SMILES string of the molecule is CC(C)(O)c1cc(C#N)cc(S(=O)(=O)NC(=O)Nc2c3c(c(F)c4c2CCC4)CCC3)c1. The number of amides is 2. The van der Waals surface area contributed by atoms with E-state index in [2.05, 4.69) is 5.32 Å². The second kappa shape index (κ2) is 7.87. The number of rotatable bonds is 4. The molecule has 2 aliphatic carbocycles. The van der Waals surface area contributed by atoms with Crippen LogP contribution in [0, 0.1) is 17.1 Å². The number of hydrogen-bond donors (Lipinski definition) is 3. The normalized spacial score (nSPS) is 15.1. The van der Waals surface area contributed by atoms with Gasteiger partial charge in [-0.15, -0.1) is 0 Å². The standard InChI is InChI=1S/C23H24FN3O4S/c1-23(2,29)14-9-13(12-25)10-15(11-14)32(30,31)27-22(28)26-21-18-7-3-5-16(18)20(24)17-6-4-8-19(17)21/h9-11,29H,3-8H2,1-2H3,(H2,26,27,28). The number of carbonyl (C=O) groups is 1. The molecule has 2 aromatic carbocycles. The Labute approximate surface area is 186 Å². The molecular formula is C23H24FN3O4S. The first-order valence-corrected chi connectivity index (χ1v) is 12.0. The molecule has 0 fully saturated rings. The van der Waals surface area contributed by atoms with Crippen molar-refractivity contribution in [3.05, 3.63) is 57.4 Å². The van der Waals surface area contributed by atoms with Crippen LogP contribution in [0.4, 0.5) is 14.9 Å². The number of nitrogens with zero attached hydrogens (tertiary/aromatic N) is 1. The lowest BCUT2D eigenvalue weighted by Gasteiger charge is -2.20. The molecule has 2 aromatic rings. The summed E-state index contributed by atoms with van der Waals surface area (Å²) in [6, 6.07) is 4.67. The van der Waals surface area contributed by atoms with E-state index >= 15 is 0 Å². The highest BCUT2D eigenvalue weighted by Crippen LogP contribution is 2.41. The molecule has 0 radical (unpaired) electrons. The molecule has 0 saturated carbocycles. The number of sulfonamides is 1. The lowest BCUT2D eigenvalue weighted by atomic mass is 9.97. The molecule has 0 atom stereocenters. The number of aliphatic hydroxyl groups is 1. The van der Waals surface area contributed by atoms with Crippen LogP contribution >= 0.6 is 0 Å². The molecule has 0 bridgehead atoms. The van der Waals surface area contributed by atoms with E-state index in [1.54, 1.807) is 0 Å². The number of nitrogens with one attached hydrogen (secondary N) is 2. The first kappa shape index (κ1) is 22.2. The van der Waals surface area contributed by atoms with Crippen molar-refractivity contribution in [2.45, 2.75) is 62.9 Å². The molecule has 2 amide bonds. The van der Waals surface area contributed by atoms with Crippen LogP contribution in [0.2, 0.25) is 0 Å². The molecule has 0 unspecified atom stereocenters. The third kappa shape index (κ3) is 3.96. The number of anilines is 1. The van der Waals surface area contributed by atoms with E-state index in [4.69, 9.17) is 0 Å². The Morgan fingerprint density at radius 1 is 1.06 bits per heavy atom.